The number of aromatic nitrogens is 1. The van der Waals surface area contributed by atoms with E-state index in [0.29, 0.717) is 28.6 Å². The van der Waals surface area contributed by atoms with E-state index in [9.17, 15) is 10.1 Å². The van der Waals surface area contributed by atoms with E-state index in [0.717, 1.165) is 35.3 Å². The van der Waals surface area contributed by atoms with E-state index in [1.807, 2.05) is 42.5 Å². The van der Waals surface area contributed by atoms with Gasteiger partial charge in [0.1, 0.15) is 22.6 Å². The van der Waals surface area contributed by atoms with Crippen molar-refractivity contribution in [1.29, 1.82) is 5.26 Å². The molecule has 0 saturated heterocycles. The lowest BCUT2D eigenvalue weighted by Crippen LogP contribution is -2.28. The Morgan fingerprint density at radius 1 is 1.19 bits per heavy atom. The van der Waals surface area contributed by atoms with E-state index in [4.69, 9.17) is 14.5 Å². The number of para-hydroxylation sites is 2. The topological polar surface area (TPSA) is 75.4 Å². The summed E-state index contributed by atoms with van der Waals surface area (Å²) in [6, 6.07) is 19.0. The molecule has 2 heterocycles. The lowest BCUT2D eigenvalue weighted by Gasteiger charge is -2.28. The average molecular weight is 446 g/mol. The Balaban J connectivity index is 1.72. The van der Waals surface area contributed by atoms with Gasteiger partial charge in [0, 0.05) is 36.3 Å². The number of thioether (sulfide) groups is 1. The number of benzene rings is 2. The highest BCUT2D eigenvalue weighted by molar-refractivity contribution is 7.99. The largest absolute Gasteiger partial charge is 0.496 e. The van der Waals surface area contributed by atoms with Crippen molar-refractivity contribution in [2.24, 2.45) is 0 Å². The van der Waals surface area contributed by atoms with Gasteiger partial charge in [0.05, 0.1) is 18.4 Å². The Morgan fingerprint density at radius 2 is 1.94 bits per heavy atom. The van der Waals surface area contributed by atoms with Crippen LogP contribution in [0.5, 0.6) is 11.5 Å². The molecule has 0 aliphatic carbocycles. The predicted molar refractivity (Wildman–Crippen MR) is 124 cm³/mol. The molecule has 6 nitrogen and oxygen atoms in total. The van der Waals surface area contributed by atoms with Crippen molar-refractivity contribution in [3.8, 4) is 28.7 Å². The predicted octanol–water partition coefficient (Wildman–Crippen LogP) is 4.31. The number of hydrogen-bond acceptors (Lipinski definition) is 7. The van der Waals surface area contributed by atoms with Crippen molar-refractivity contribution in [2.45, 2.75) is 18.0 Å². The second-order valence-corrected chi connectivity index (χ2v) is 8.43. The molecule has 0 N–H and O–H groups in total. The zero-order valence-corrected chi connectivity index (χ0v) is 18.8. The summed E-state index contributed by atoms with van der Waals surface area (Å²) in [6.45, 7) is 1.59. The van der Waals surface area contributed by atoms with Crippen molar-refractivity contribution in [2.75, 3.05) is 26.5 Å². The summed E-state index contributed by atoms with van der Waals surface area (Å²) < 4.78 is 11.0. The van der Waals surface area contributed by atoms with E-state index in [1.54, 1.807) is 19.2 Å². The standard InChI is InChI=1S/C25H23N3O3S/c1-28-13-12-21-20(15-28)24(18-10-6-7-11-22(18)30-2)19(14-26)25(27-21)32-16-23(29)31-17-8-4-3-5-9-17/h3-11H,12-13,15-16H2,1-2H3. The van der Waals surface area contributed by atoms with Gasteiger partial charge in [0.2, 0.25) is 0 Å². The first-order valence-electron chi connectivity index (χ1n) is 10.3. The minimum absolute atomic E-state index is 0.0562. The fourth-order valence-corrected chi connectivity index (χ4v) is 4.58. The molecule has 4 rings (SSSR count). The number of carbonyl (C=O) groups excluding carboxylic acids is 1. The number of esters is 1. The Bertz CT molecular complexity index is 1180. The molecule has 0 spiro atoms. The lowest BCUT2D eigenvalue weighted by atomic mass is 9.91. The molecular formula is C25H23N3O3S. The molecule has 0 fully saturated rings. The van der Waals surface area contributed by atoms with Crippen LogP contribution in [0.1, 0.15) is 16.8 Å². The second kappa shape index (κ2) is 9.86. The van der Waals surface area contributed by atoms with Crippen LogP contribution < -0.4 is 9.47 Å². The Labute approximate surface area is 191 Å². The van der Waals surface area contributed by atoms with Gasteiger partial charge in [-0.05, 0) is 30.8 Å². The normalized spacial score (nSPS) is 13.2. The van der Waals surface area contributed by atoms with Gasteiger partial charge in [0.15, 0.2) is 0 Å². The number of likely N-dealkylation sites (N-methyl/N-ethyl adjacent to an activating group) is 1. The number of methoxy groups -OCH3 is 1. The Hall–Kier alpha value is -3.34. The number of nitriles is 1. The SMILES string of the molecule is COc1ccccc1-c1c(C#N)c(SCC(=O)Oc2ccccc2)nc2c1CN(C)CC2. The van der Waals surface area contributed by atoms with E-state index in [-0.39, 0.29) is 11.7 Å². The lowest BCUT2D eigenvalue weighted by molar-refractivity contribution is -0.131. The highest BCUT2D eigenvalue weighted by atomic mass is 32.2. The molecule has 0 saturated carbocycles. The third kappa shape index (κ3) is 4.62. The van der Waals surface area contributed by atoms with E-state index in [2.05, 4.69) is 18.0 Å². The van der Waals surface area contributed by atoms with Gasteiger partial charge >= 0.3 is 5.97 Å². The number of ether oxygens (including phenoxy) is 2. The summed E-state index contributed by atoms with van der Waals surface area (Å²) in [5.41, 5.74) is 4.15. The first-order chi connectivity index (χ1) is 15.6. The van der Waals surface area contributed by atoms with Gasteiger partial charge < -0.3 is 14.4 Å². The van der Waals surface area contributed by atoms with Crippen LogP contribution in [0.2, 0.25) is 0 Å². The summed E-state index contributed by atoms with van der Waals surface area (Å²) in [5, 5.41) is 10.7. The van der Waals surface area contributed by atoms with E-state index < -0.39 is 0 Å². The third-order valence-corrected chi connectivity index (χ3v) is 6.25. The second-order valence-electron chi connectivity index (χ2n) is 7.47. The van der Waals surface area contributed by atoms with E-state index in [1.165, 1.54) is 11.8 Å². The summed E-state index contributed by atoms with van der Waals surface area (Å²) >= 11 is 1.23. The van der Waals surface area contributed by atoms with Crippen molar-refractivity contribution in [1.82, 2.24) is 9.88 Å². The van der Waals surface area contributed by atoms with Crippen molar-refractivity contribution < 1.29 is 14.3 Å². The summed E-state index contributed by atoms with van der Waals surface area (Å²) in [4.78, 5) is 19.4. The number of rotatable bonds is 6. The fraction of sp³-hybridized carbons (Fsp3) is 0.240. The monoisotopic (exact) mass is 445 g/mol. The molecule has 2 aromatic carbocycles. The van der Waals surface area contributed by atoms with Gasteiger partial charge in [-0.2, -0.15) is 5.26 Å². The zero-order valence-electron chi connectivity index (χ0n) is 18.0. The maximum absolute atomic E-state index is 12.4. The van der Waals surface area contributed by atoms with Gasteiger partial charge in [-0.15, -0.1) is 0 Å². The van der Waals surface area contributed by atoms with E-state index >= 15 is 0 Å². The van der Waals surface area contributed by atoms with Crippen molar-refractivity contribution in [3.05, 3.63) is 71.4 Å². The minimum atomic E-state index is -0.386. The summed E-state index contributed by atoms with van der Waals surface area (Å²) in [5.74, 6) is 0.865. The molecular weight excluding hydrogens is 422 g/mol. The number of nitrogens with zero attached hydrogens (tertiary/aromatic N) is 3. The van der Waals surface area contributed by atoms with Crippen molar-refractivity contribution >= 4 is 17.7 Å². The van der Waals surface area contributed by atoms with Crippen LogP contribution >= 0.6 is 11.8 Å². The maximum atomic E-state index is 12.4. The van der Waals surface area contributed by atoms with Crippen LogP contribution in [0.4, 0.5) is 0 Å². The summed E-state index contributed by atoms with van der Waals surface area (Å²) in [6.07, 6.45) is 0.779. The number of pyridine rings is 1. The average Bonchev–Trinajstić information content (AvgIpc) is 2.82. The molecule has 0 atom stereocenters. The Kier molecular flexibility index (Phi) is 6.74. The molecule has 1 aliphatic rings. The number of fused-ring (bicyclic) bond motifs is 1. The first-order valence-corrected chi connectivity index (χ1v) is 11.3. The molecule has 1 aliphatic heterocycles. The quantitative estimate of drug-likeness (QED) is 0.318. The molecule has 0 radical (unpaired) electrons. The highest BCUT2D eigenvalue weighted by Gasteiger charge is 2.26. The molecule has 1 aromatic heterocycles. The molecule has 32 heavy (non-hydrogen) atoms. The summed E-state index contributed by atoms with van der Waals surface area (Å²) in [7, 11) is 3.68. The fourth-order valence-electron chi connectivity index (χ4n) is 3.80. The minimum Gasteiger partial charge on any atom is -0.496 e. The Morgan fingerprint density at radius 3 is 2.69 bits per heavy atom. The highest BCUT2D eigenvalue weighted by Crippen LogP contribution is 2.40. The van der Waals surface area contributed by atoms with Crippen molar-refractivity contribution in [3.63, 3.8) is 0 Å². The van der Waals surface area contributed by atoms with Gasteiger partial charge in [-0.3, -0.25) is 4.79 Å². The molecule has 3 aromatic rings. The molecule has 7 heteroatoms. The number of hydrogen-bond donors (Lipinski definition) is 0. The van der Waals surface area contributed by atoms with Crippen LogP contribution in [0, 0.1) is 11.3 Å². The van der Waals surface area contributed by atoms with Crippen LogP contribution in [0.15, 0.2) is 59.6 Å². The molecule has 162 valence electrons. The first kappa shape index (κ1) is 21.9. The smallest absolute Gasteiger partial charge is 0.321 e. The van der Waals surface area contributed by atoms with Crippen LogP contribution in [-0.4, -0.2) is 42.3 Å². The maximum Gasteiger partial charge on any atom is 0.321 e. The van der Waals surface area contributed by atoms with Crippen LogP contribution in [0.25, 0.3) is 11.1 Å². The van der Waals surface area contributed by atoms with Crippen LogP contribution in [-0.2, 0) is 17.8 Å². The molecule has 0 amide bonds. The zero-order chi connectivity index (χ0) is 22.5. The molecule has 0 unspecified atom stereocenters. The molecule has 0 bridgehead atoms. The van der Waals surface area contributed by atoms with Gasteiger partial charge in [-0.25, -0.2) is 4.98 Å². The third-order valence-electron chi connectivity index (χ3n) is 5.30. The van der Waals surface area contributed by atoms with Crippen LogP contribution in [0.3, 0.4) is 0 Å². The number of carbonyl (C=O) groups is 1. The van der Waals surface area contributed by atoms with Gasteiger partial charge in [-0.1, -0.05) is 48.2 Å². The van der Waals surface area contributed by atoms with Gasteiger partial charge in [0.25, 0.3) is 0 Å².